The van der Waals surface area contributed by atoms with Crippen molar-refractivity contribution in [3.05, 3.63) is 53.9 Å². The molecule has 0 bridgehead atoms. The molecule has 130 valence electrons. The van der Waals surface area contributed by atoms with E-state index < -0.39 is 0 Å². The number of hydrogen-bond acceptors (Lipinski definition) is 5. The zero-order valence-corrected chi connectivity index (χ0v) is 14.6. The molecule has 2 aromatic heterocycles. The molecule has 3 aromatic rings. The fraction of sp³-hybridized carbons (Fsp3) is 0.444. The monoisotopic (exact) mass is 337 g/mol. The van der Waals surface area contributed by atoms with Crippen LogP contribution in [0.4, 0.5) is 0 Å². The number of benzene rings is 1. The minimum Gasteiger partial charge on any atom is -0.306 e. The van der Waals surface area contributed by atoms with Crippen molar-refractivity contribution in [1.29, 1.82) is 0 Å². The highest BCUT2D eigenvalue weighted by atomic mass is 15.5. The van der Waals surface area contributed by atoms with E-state index in [1.54, 1.807) is 4.80 Å². The fourth-order valence-corrected chi connectivity index (χ4v) is 3.05. The van der Waals surface area contributed by atoms with Gasteiger partial charge in [-0.15, -0.1) is 0 Å². The van der Waals surface area contributed by atoms with Gasteiger partial charge in [0.25, 0.3) is 0 Å². The Labute approximate surface area is 147 Å². The zero-order valence-electron chi connectivity index (χ0n) is 14.6. The molecular formula is C18H23N7. The Kier molecular flexibility index (Phi) is 4.31. The smallest absolute Gasteiger partial charge is 0.153 e. The molecule has 1 N–H and O–H groups in total. The molecule has 0 radical (unpaired) electrons. The molecule has 0 amide bonds. The number of aryl methyl sites for hydroxylation is 1. The van der Waals surface area contributed by atoms with Crippen molar-refractivity contribution in [3.63, 3.8) is 0 Å². The minimum atomic E-state index is 0.373. The Balaban J connectivity index is 1.37. The summed E-state index contributed by atoms with van der Waals surface area (Å²) in [4.78, 5) is 6.31. The molecule has 0 fully saturated rings. The maximum Gasteiger partial charge on any atom is 0.153 e. The molecule has 0 saturated carbocycles. The third-order valence-corrected chi connectivity index (χ3v) is 4.49. The predicted molar refractivity (Wildman–Crippen MR) is 94.4 cm³/mol. The topological polar surface area (TPSA) is 73.5 Å². The lowest BCUT2D eigenvalue weighted by Crippen LogP contribution is -2.37. The highest BCUT2D eigenvalue weighted by Crippen LogP contribution is 2.17. The third kappa shape index (κ3) is 3.46. The van der Waals surface area contributed by atoms with Crippen molar-refractivity contribution in [3.8, 4) is 5.69 Å². The van der Waals surface area contributed by atoms with Crippen LogP contribution in [0.5, 0.6) is 0 Å². The maximum atomic E-state index is 4.64. The summed E-state index contributed by atoms with van der Waals surface area (Å²) in [7, 11) is 0. The normalized spacial score (nSPS) is 17.0. The number of para-hydroxylation sites is 1. The van der Waals surface area contributed by atoms with Gasteiger partial charge in [0.05, 0.1) is 24.1 Å². The first-order valence-corrected chi connectivity index (χ1v) is 8.82. The average molecular weight is 337 g/mol. The lowest BCUT2D eigenvalue weighted by atomic mass is 10.1. The van der Waals surface area contributed by atoms with Crippen molar-refractivity contribution in [2.24, 2.45) is 0 Å². The van der Waals surface area contributed by atoms with E-state index in [9.17, 15) is 0 Å². The second-order valence-corrected chi connectivity index (χ2v) is 6.80. The van der Waals surface area contributed by atoms with Gasteiger partial charge in [0.2, 0.25) is 0 Å². The number of fused-ring (bicyclic) bond motifs is 1. The van der Waals surface area contributed by atoms with Crippen molar-refractivity contribution < 1.29 is 0 Å². The van der Waals surface area contributed by atoms with E-state index in [0.717, 1.165) is 42.4 Å². The maximum absolute atomic E-state index is 4.64. The van der Waals surface area contributed by atoms with Gasteiger partial charge in [-0.25, -0.2) is 9.67 Å². The Bertz CT molecular complexity index is 834. The quantitative estimate of drug-likeness (QED) is 0.772. The van der Waals surface area contributed by atoms with Crippen LogP contribution < -0.4 is 5.32 Å². The summed E-state index contributed by atoms with van der Waals surface area (Å²) in [5.41, 5.74) is 1.91. The molecule has 4 rings (SSSR count). The average Bonchev–Trinajstić information content (AvgIpc) is 3.27. The summed E-state index contributed by atoms with van der Waals surface area (Å²) < 4.78 is 2.05. The van der Waals surface area contributed by atoms with Crippen LogP contribution in [-0.2, 0) is 19.5 Å². The predicted octanol–water partition coefficient (Wildman–Crippen LogP) is 2.09. The lowest BCUT2D eigenvalue weighted by Gasteiger charge is -2.23. The molecule has 0 saturated heterocycles. The van der Waals surface area contributed by atoms with Crippen LogP contribution in [0, 0.1) is 0 Å². The highest BCUT2D eigenvalue weighted by Gasteiger charge is 2.22. The third-order valence-electron chi connectivity index (χ3n) is 4.49. The van der Waals surface area contributed by atoms with Crippen LogP contribution in [0.25, 0.3) is 5.69 Å². The Morgan fingerprint density at radius 1 is 1.20 bits per heavy atom. The van der Waals surface area contributed by atoms with Gasteiger partial charge < -0.3 is 5.32 Å². The molecule has 0 unspecified atom stereocenters. The number of nitrogens with zero attached hydrogens (tertiary/aromatic N) is 6. The van der Waals surface area contributed by atoms with Gasteiger partial charge in [-0.3, -0.25) is 0 Å². The molecule has 0 aliphatic carbocycles. The first-order chi connectivity index (χ1) is 12.2. The summed E-state index contributed by atoms with van der Waals surface area (Å²) in [5, 5.41) is 17.1. The Morgan fingerprint density at radius 3 is 2.84 bits per heavy atom. The molecule has 25 heavy (non-hydrogen) atoms. The van der Waals surface area contributed by atoms with E-state index in [0.29, 0.717) is 18.5 Å². The van der Waals surface area contributed by atoms with Crippen LogP contribution in [0.3, 0.4) is 0 Å². The van der Waals surface area contributed by atoms with Crippen LogP contribution in [0.2, 0.25) is 0 Å². The molecule has 0 spiro atoms. The first kappa shape index (κ1) is 16.0. The van der Waals surface area contributed by atoms with E-state index in [2.05, 4.69) is 44.1 Å². The molecule has 1 atom stereocenters. The Morgan fingerprint density at radius 2 is 2.04 bits per heavy atom. The lowest BCUT2D eigenvalue weighted by molar-refractivity contribution is 0.355. The van der Waals surface area contributed by atoms with E-state index in [4.69, 9.17) is 0 Å². The number of aromatic nitrogens is 6. The van der Waals surface area contributed by atoms with Gasteiger partial charge in [0.1, 0.15) is 5.82 Å². The van der Waals surface area contributed by atoms with Gasteiger partial charge in [0, 0.05) is 24.9 Å². The van der Waals surface area contributed by atoms with E-state index in [1.807, 2.05) is 36.5 Å². The van der Waals surface area contributed by atoms with Gasteiger partial charge in [0.15, 0.2) is 5.82 Å². The van der Waals surface area contributed by atoms with Gasteiger partial charge >= 0.3 is 0 Å². The summed E-state index contributed by atoms with van der Waals surface area (Å²) in [6.07, 6.45) is 3.86. The number of rotatable bonds is 5. The van der Waals surface area contributed by atoms with E-state index in [-0.39, 0.29) is 0 Å². The summed E-state index contributed by atoms with van der Waals surface area (Å²) in [5.74, 6) is 2.43. The SMILES string of the molecule is CC(C)c1nc2n(n1)C[C@@H](NCc1cnn(-c3ccccc3)n1)CC2. The molecule has 7 heteroatoms. The van der Waals surface area contributed by atoms with Gasteiger partial charge in [-0.05, 0) is 18.6 Å². The molecule has 1 aliphatic heterocycles. The standard InChI is InChI=1S/C18H23N7/c1-13(2)18-21-17-9-8-14(12-24(17)23-18)19-10-15-11-20-25(22-15)16-6-4-3-5-7-16/h3-7,11,13-14,19H,8-10,12H2,1-2H3/t14-/m0/s1. The van der Waals surface area contributed by atoms with Crippen molar-refractivity contribution >= 4 is 0 Å². The van der Waals surface area contributed by atoms with Gasteiger partial charge in [-0.2, -0.15) is 20.1 Å². The van der Waals surface area contributed by atoms with Crippen LogP contribution in [0.15, 0.2) is 36.5 Å². The highest BCUT2D eigenvalue weighted by molar-refractivity contribution is 5.28. The summed E-state index contributed by atoms with van der Waals surface area (Å²) in [6.45, 7) is 5.83. The second kappa shape index (κ2) is 6.76. The number of hydrogen-bond donors (Lipinski definition) is 1. The molecule has 1 aromatic carbocycles. The van der Waals surface area contributed by atoms with Crippen molar-refractivity contribution in [1.82, 2.24) is 35.1 Å². The van der Waals surface area contributed by atoms with E-state index >= 15 is 0 Å². The summed E-state index contributed by atoms with van der Waals surface area (Å²) in [6, 6.07) is 10.3. The fourth-order valence-electron chi connectivity index (χ4n) is 3.05. The Hall–Kier alpha value is -2.54. The number of nitrogens with one attached hydrogen (secondary N) is 1. The van der Waals surface area contributed by atoms with E-state index in [1.165, 1.54) is 0 Å². The molecule has 3 heterocycles. The largest absolute Gasteiger partial charge is 0.306 e. The summed E-state index contributed by atoms with van der Waals surface area (Å²) >= 11 is 0. The second-order valence-electron chi connectivity index (χ2n) is 6.80. The molecule has 7 nitrogen and oxygen atoms in total. The first-order valence-electron chi connectivity index (χ1n) is 8.82. The van der Waals surface area contributed by atoms with Crippen LogP contribution in [0.1, 0.15) is 43.5 Å². The molecule has 1 aliphatic rings. The van der Waals surface area contributed by atoms with Crippen molar-refractivity contribution in [2.75, 3.05) is 0 Å². The minimum absolute atomic E-state index is 0.373. The van der Waals surface area contributed by atoms with Crippen LogP contribution >= 0.6 is 0 Å². The van der Waals surface area contributed by atoms with Gasteiger partial charge in [-0.1, -0.05) is 32.0 Å². The molecular weight excluding hydrogens is 314 g/mol. The van der Waals surface area contributed by atoms with Crippen LogP contribution in [-0.4, -0.2) is 35.8 Å². The zero-order chi connectivity index (χ0) is 17.2. The van der Waals surface area contributed by atoms with Crippen molar-refractivity contribution in [2.45, 2.75) is 51.7 Å².